The number of benzene rings is 2. The third-order valence-corrected chi connectivity index (χ3v) is 6.77. The molecule has 2 heterocycles. The Labute approximate surface area is 204 Å². The molecule has 0 N–H and O–H groups in total. The molecule has 0 atom stereocenters. The number of rotatable bonds is 10. The Morgan fingerprint density at radius 3 is 2.65 bits per heavy atom. The number of hydrogen-bond acceptors (Lipinski definition) is 8. The van der Waals surface area contributed by atoms with E-state index in [0.29, 0.717) is 35.3 Å². The van der Waals surface area contributed by atoms with Gasteiger partial charge in [-0.1, -0.05) is 11.3 Å². The van der Waals surface area contributed by atoms with Crippen LogP contribution in [0.1, 0.15) is 23.7 Å². The first kappa shape index (κ1) is 24.3. The van der Waals surface area contributed by atoms with Crippen LogP contribution in [0, 0.1) is 0 Å². The minimum atomic E-state index is -0.119. The van der Waals surface area contributed by atoms with E-state index in [2.05, 4.69) is 4.90 Å². The lowest BCUT2D eigenvalue weighted by Gasteiger charge is -2.27. The van der Waals surface area contributed by atoms with E-state index in [4.69, 9.17) is 23.9 Å². The van der Waals surface area contributed by atoms with Crippen LogP contribution in [0.4, 0.5) is 5.13 Å². The first-order chi connectivity index (χ1) is 16.6. The molecule has 0 aliphatic carbocycles. The number of fused-ring (bicyclic) bond motifs is 1. The number of anilines is 1. The fraction of sp³-hybridized carbons (Fsp3) is 0.440. The molecule has 0 unspecified atom stereocenters. The van der Waals surface area contributed by atoms with Gasteiger partial charge in [0.15, 0.2) is 16.6 Å². The maximum Gasteiger partial charge on any atom is 0.260 e. The van der Waals surface area contributed by atoms with Crippen LogP contribution in [0.2, 0.25) is 0 Å². The van der Waals surface area contributed by atoms with Crippen molar-refractivity contribution in [2.45, 2.75) is 13.3 Å². The molecule has 34 heavy (non-hydrogen) atoms. The van der Waals surface area contributed by atoms with Crippen molar-refractivity contribution in [3.8, 4) is 17.2 Å². The molecule has 0 saturated carbocycles. The largest absolute Gasteiger partial charge is 0.494 e. The van der Waals surface area contributed by atoms with Gasteiger partial charge in [0.1, 0.15) is 5.75 Å². The van der Waals surface area contributed by atoms with Crippen molar-refractivity contribution in [2.75, 3.05) is 65.1 Å². The number of hydrogen-bond donors (Lipinski definition) is 0. The Morgan fingerprint density at radius 2 is 1.91 bits per heavy atom. The predicted molar refractivity (Wildman–Crippen MR) is 134 cm³/mol. The summed E-state index contributed by atoms with van der Waals surface area (Å²) in [5.74, 6) is 1.79. The Morgan fingerprint density at radius 1 is 1.12 bits per heavy atom. The zero-order valence-corrected chi connectivity index (χ0v) is 20.7. The van der Waals surface area contributed by atoms with Gasteiger partial charge in [0.05, 0.1) is 44.3 Å². The lowest BCUT2D eigenvalue weighted by atomic mass is 10.1. The molecule has 1 aromatic heterocycles. The first-order valence-corrected chi connectivity index (χ1v) is 12.3. The highest BCUT2D eigenvalue weighted by atomic mass is 32.1. The van der Waals surface area contributed by atoms with Crippen LogP contribution < -0.4 is 19.1 Å². The maximum atomic E-state index is 13.7. The number of nitrogens with zero attached hydrogens (tertiary/aromatic N) is 3. The summed E-state index contributed by atoms with van der Waals surface area (Å²) < 4.78 is 22.8. The van der Waals surface area contributed by atoms with Crippen molar-refractivity contribution >= 4 is 32.6 Å². The number of amides is 1. The summed E-state index contributed by atoms with van der Waals surface area (Å²) in [7, 11) is 3.14. The topological polar surface area (TPSA) is 73.4 Å². The first-order valence-electron chi connectivity index (χ1n) is 11.5. The lowest BCUT2D eigenvalue weighted by molar-refractivity contribution is 0.0376. The minimum absolute atomic E-state index is 0.119. The molecule has 3 aromatic rings. The Kier molecular flexibility index (Phi) is 8.21. The summed E-state index contributed by atoms with van der Waals surface area (Å²) in [4.78, 5) is 22.6. The standard InChI is InChI=1S/C25H31N3O5S/c1-4-33-19-7-8-20-23(17-19)34-25(26-20)28(11-5-10-27-12-14-32-15-13-27)24(29)18-6-9-21(30-2)22(16-18)31-3/h6-9,16-17H,4-5,10-15H2,1-3H3. The SMILES string of the molecule is CCOc1ccc2nc(N(CCCN3CCOCC3)C(=O)c3ccc(OC)c(OC)c3)sc2c1. The van der Waals surface area contributed by atoms with Crippen molar-refractivity contribution in [2.24, 2.45) is 0 Å². The van der Waals surface area contributed by atoms with Crippen LogP contribution in [0.25, 0.3) is 10.2 Å². The van der Waals surface area contributed by atoms with Crippen LogP contribution in [0.15, 0.2) is 36.4 Å². The highest BCUT2D eigenvalue weighted by molar-refractivity contribution is 7.22. The number of methoxy groups -OCH3 is 2. The maximum absolute atomic E-state index is 13.7. The van der Waals surface area contributed by atoms with Crippen LogP contribution in [0.5, 0.6) is 17.2 Å². The quantitative estimate of drug-likeness (QED) is 0.428. The molecule has 9 heteroatoms. The smallest absolute Gasteiger partial charge is 0.260 e. The fourth-order valence-electron chi connectivity index (χ4n) is 3.95. The predicted octanol–water partition coefficient (Wildman–Crippen LogP) is 4.08. The second-order valence-electron chi connectivity index (χ2n) is 7.89. The summed E-state index contributed by atoms with van der Waals surface area (Å²) in [5.41, 5.74) is 1.38. The number of carbonyl (C=O) groups excluding carboxylic acids is 1. The van der Waals surface area contributed by atoms with Gasteiger partial charge in [-0.15, -0.1) is 0 Å². The Hall–Kier alpha value is -2.88. The van der Waals surface area contributed by atoms with Crippen molar-refractivity contribution < 1.29 is 23.7 Å². The molecule has 0 radical (unpaired) electrons. The van der Waals surface area contributed by atoms with Crippen molar-refractivity contribution in [3.05, 3.63) is 42.0 Å². The number of morpholine rings is 1. The van der Waals surface area contributed by atoms with Gasteiger partial charge in [-0.2, -0.15) is 0 Å². The van der Waals surface area contributed by atoms with E-state index in [0.717, 1.165) is 55.2 Å². The van der Waals surface area contributed by atoms with Crippen LogP contribution in [-0.2, 0) is 4.74 Å². The average molecular weight is 486 g/mol. The second kappa shape index (κ2) is 11.5. The summed E-state index contributed by atoms with van der Waals surface area (Å²) in [5, 5.41) is 0.672. The fourth-order valence-corrected chi connectivity index (χ4v) is 4.97. The van der Waals surface area contributed by atoms with Crippen LogP contribution >= 0.6 is 11.3 Å². The van der Waals surface area contributed by atoms with Crippen molar-refractivity contribution in [1.82, 2.24) is 9.88 Å². The monoisotopic (exact) mass is 485 g/mol. The van der Waals surface area contributed by atoms with E-state index < -0.39 is 0 Å². The molecule has 4 rings (SSSR count). The van der Waals surface area contributed by atoms with Gasteiger partial charge in [0.25, 0.3) is 5.91 Å². The molecule has 0 bridgehead atoms. The third-order valence-electron chi connectivity index (χ3n) is 5.73. The summed E-state index contributed by atoms with van der Waals surface area (Å²) in [6.45, 7) is 7.38. The van der Waals surface area contributed by atoms with E-state index in [-0.39, 0.29) is 5.91 Å². The van der Waals surface area contributed by atoms with Crippen molar-refractivity contribution in [1.29, 1.82) is 0 Å². The zero-order chi connectivity index (χ0) is 23.9. The molecule has 1 saturated heterocycles. The van der Waals surface area contributed by atoms with Crippen LogP contribution in [0.3, 0.4) is 0 Å². The van der Waals surface area contributed by atoms with E-state index in [9.17, 15) is 4.79 Å². The Balaban J connectivity index is 1.60. The average Bonchev–Trinajstić information content (AvgIpc) is 3.29. The van der Waals surface area contributed by atoms with E-state index in [1.807, 2.05) is 25.1 Å². The van der Waals surface area contributed by atoms with Gasteiger partial charge in [-0.25, -0.2) is 4.98 Å². The Bertz CT molecular complexity index is 1110. The molecule has 182 valence electrons. The molecule has 1 amide bonds. The van der Waals surface area contributed by atoms with E-state index in [1.54, 1.807) is 37.3 Å². The highest BCUT2D eigenvalue weighted by Gasteiger charge is 2.23. The third kappa shape index (κ3) is 5.60. The minimum Gasteiger partial charge on any atom is -0.494 e. The van der Waals surface area contributed by atoms with Crippen LogP contribution in [-0.4, -0.2) is 76.0 Å². The molecule has 1 fully saturated rings. The van der Waals surface area contributed by atoms with E-state index in [1.165, 1.54) is 11.3 Å². The number of ether oxygens (including phenoxy) is 4. The van der Waals surface area contributed by atoms with Gasteiger partial charge in [-0.3, -0.25) is 14.6 Å². The van der Waals surface area contributed by atoms with Gasteiger partial charge in [-0.05, 0) is 49.7 Å². The molecule has 0 spiro atoms. The molecular weight excluding hydrogens is 454 g/mol. The molecular formula is C25H31N3O5S. The van der Waals surface area contributed by atoms with Crippen molar-refractivity contribution in [3.63, 3.8) is 0 Å². The lowest BCUT2D eigenvalue weighted by Crippen LogP contribution is -2.39. The second-order valence-corrected chi connectivity index (χ2v) is 8.90. The molecule has 8 nitrogen and oxygen atoms in total. The summed E-state index contributed by atoms with van der Waals surface area (Å²) in [6.07, 6.45) is 0.832. The number of thiazole rings is 1. The summed E-state index contributed by atoms with van der Waals surface area (Å²) in [6, 6.07) is 11.1. The van der Waals surface area contributed by atoms with Gasteiger partial charge in [0, 0.05) is 31.7 Å². The molecule has 1 aliphatic heterocycles. The highest BCUT2D eigenvalue weighted by Crippen LogP contribution is 2.34. The van der Waals surface area contributed by atoms with Gasteiger partial charge < -0.3 is 18.9 Å². The van der Waals surface area contributed by atoms with Gasteiger partial charge in [0.2, 0.25) is 0 Å². The normalized spacial score (nSPS) is 14.2. The zero-order valence-electron chi connectivity index (χ0n) is 19.9. The van der Waals surface area contributed by atoms with E-state index >= 15 is 0 Å². The molecule has 2 aromatic carbocycles. The van der Waals surface area contributed by atoms with Gasteiger partial charge >= 0.3 is 0 Å². The number of aromatic nitrogens is 1. The molecule has 1 aliphatic rings. The summed E-state index contributed by atoms with van der Waals surface area (Å²) >= 11 is 1.50. The number of carbonyl (C=O) groups is 1.